The molecule has 1 aromatic rings. The molecule has 4 saturated heterocycles. The first kappa shape index (κ1) is 24.5. The molecule has 4 heterocycles. The van der Waals surface area contributed by atoms with Gasteiger partial charge >= 0.3 is 5.97 Å². The van der Waals surface area contributed by atoms with Crippen LogP contribution in [0.5, 0.6) is 0 Å². The van der Waals surface area contributed by atoms with E-state index >= 15 is 0 Å². The topological polar surface area (TPSA) is 72.5 Å². The van der Waals surface area contributed by atoms with Crippen LogP contribution in [0.4, 0.5) is 0 Å². The van der Waals surface area contributed by atoms with Crippen LogP contribution >= 0.6 is 11.6 Å². The number of hydrogen-bond donors (Lipinski definition) is 0. The van der Waals surface area contributed by atoms with Crippen LogP contribution in [0.1, 0.15) is 71.0 Å². The molecule has 1 unspecified atom stereocenters. The number of benzene rings is 1. The molecule has 2 bridgehead atoms. The lowest BCUT2D eigenvalue weighted by Gasteiger charge is -2.60. The Kier molecular flexibility index (Phi) is 6.72. The normalized spacial score (nSPS) is 41.9. The van der Waals surface area contributed by atoms with E-state index in [0.29, 0.717) is 23.3 Å². The Morgan fingerprint density at radius 3 is 2.65 bits per heavy atom. The first-order valence-corrected chi connectivity index (χ1v) is 12.8. The van der Waals surface area contributed by atoms with Crippen LogP contribution in [0.2, 0.25) is 5.02 Å². The molecule has 0 N–H and O–H groups in total. The molecule has 6 rings (SSSR count). The Hall–Kier alpha value is -1.22. The zero-order valence-corrected chi connectivity index (χ0v) is 21.1. The summed E-state index contributed by atoms with van der Waals surface area (Å²) in [6.07, 6.45) is 3.15. The largest absolute Gasteiger partial charge is 0.469 e. The van der Waals surface area contributed by atoms with E-state index in [-0.39, 0.29) is 30.3 Å². The maximum atomic E-state index is 11.9. The van der Waals surface area contributed by atoms with Gasteiger partial charge in [-0.05, 0) is 62.1 Å². The molecule has 4 aliphatic heterocycles. The number of methoxy groups -OCH3 is 1. The van der Waals surface area contributed by atoms with Crippen molar-refractivity contribution in [2.45, 2.75) is 89.4 Å². The highest BCUT2D eigenvalue weighted by Crippen LogP contribution is 2.60. The number of esters is 1. The summed E-state index contributed by atoms with van der Waals surface area (Å²) >= 11 is 6.11. The molecule has 34 heavy (non-hydrogen) atoms. The minimum Gasteiger partial charge on any atom is -0.469 e. The molecule has 8 heteroatoms. The first-order chi connectivity index (χ1) is 16.3. The predicted molar refractivity (Wildman–Crippen MR) is 123 cm³/mol. The summed E-state index contributed by atoms with van der Waals surface area (Å²) in [7, 11) is 1.40. The van der Waals surface area contributed by atoms with E-state index in [0.717, 1.165) is 31.2 Å². The second-order valence-corrected chi connectivity index (χ2v) is 11.0. The van der Waals surface area contributed by atoms with Gasteiger partial charge < -0.3 is 18.9 Å². The van der Waals surface area contributed by atoms with Crippen molar-refractivity contribution in [2.24, 2.45) is 23.7 Å². The molecule has 5 aliphatic rings. The van der Waals surface area contributed by atoms with E-state index in [1.54, 1.807) is 0 Å². The molecule has 7 nitrogen and oxygen atoms in total. The van der Waals surface area contributed by atoms with Gasteiger partial charge in [0.25, 0.3) is 0 Å². The van der Waals surface area contributed by atoms with Gasteiger partial charge in [-0.2, -0.15) is 0 Å². The molecule has 1 aromatic carbocycles. The highest BCUT2D eigenvalue weighted by Gasteiger charge is 2.69. The molecule has 0 radical (unpaired) electrons. The number of fused-ring (bicyclic) bond motifs is 2. The molecule has 1 saturated carbocycles. The molecule has 5 fully saturated rings. The van der Waals surface area contributed by atoms with Gasteiger partial charge in [0.15, 0.2) is 18.2 Å². The SMILES string of the molecule is COC(=O)CC[C@@H](O[C@@H]1O[C@@H]2O[C@@]3(C)CC[C@H]4[C@H](C)CCC([C@H]1C)[C@@]24OO3)c1ccc(Cl)cc1. The summed E-state index contributed by atoms with van der Waals surface area (Å²) in [4.78, 5) is 24.0. The summed E-state index contributed by atoms with van der Waals surface area (Å²) in [6.45, 7) is 6.38. The quantitative estimate of drug-likeness (QED) is 0.378. The van der Waals surface area contributed by atoms with Crippen molar-refractivity contribution in [2.75, 3.05) is 7.11 Å². The van der Waals surface area contributed by atoms with Gasteiger partial charge in [-0.25, -0.2) is 9.78 Å². The van der Waals surface area contributed by atoms with Crippen LogP contribution in [0, 0.1) is 23.7 Å². The lowest BCUT2D eigenvalue weighted by Crippen LogP contribution is -2.70. The number of hydrogen-bond acceptors (Lipinski definition) is 7. The number of halogens is 1. The lowest BCUT2D eigenvalue weighted by molar-refractivity contribution is -0.578. The van der Waals surface area contributed by atoms with Gasteiger partial charge in [0.1, 0.15) is 0 Å². The fourth-order valence-electron chi connectivity index (χ4n) is 6.53. The minimum atomic E-state index is -0.830. The Morgan fingerprint density at radius 1 is 1.15 bits per heavy atom. The van der Waals surface area contributed by atoms with Crippen LogP contribution in [0.3, 0.4) is 0 Å². The zero-order valence-electron chi connectivity index (χ0n) is 20.3. The molecule has 0 amide bonds. The van der Waals surface area contributed by atoms with E-state index in [4.69, 9.17) is 40.3 Å². The first-order valence-electron chi connectivity index (χ1n) is 12.4. The standard InChI is InChI=1S/C26H35ClO7/c1-15-5-10-20-16(2)23(31-24-26(20)19(15)13-14-25(3,32-24)33-34-26)30-21(11-12-22(28)29-4)17-6-8-18(27)9-7-17/h6-9,15-16,19-21,23-24H,5,10-14H2,1-4H3/t15-,16-,19+,20?,21-,23-,24-,25-,26-/m1/s1. The Morgan fingerprint density at radius 2 is 1.91 bits per heavy atom. The Bertz CT molecular complexity index is 894. The van der Waals surface area contributed by atoms with E-state index in [9.17, 15) is 4.79 Å². The van der Waals surface area contributed by atoms with Crippen molar-refractivity contribution in [1.29, 1.82) is 0 Å². The van der Waals surface area contributed by atoms with Crippen LogP contribution in [0.25, 0.3) is 0 Å². The summed E-state index contributed by atoms with van der Waals surface area (Å²) in [5.74, 6) is -0.0771. The molecule has 0 aromatic heterocycles. The third-order valence-electron chi connectivity index (χ3n) is 8.48. The van der Waals surface area contributed by atoms with Crippen molar-refractivity contribution >= 4 is 17.6 Å². The van der Waals surface area contributed by atoms with E-state index in [1.807, 2.05) is 31.2 Å². The van der Waals surface area contributed by atoms with Gasteiger partial charge in [0.05, 0.1) is 13.2 Å². The maximum Gasteiger partial charge on any atom is 0.305 e. The van der Waals surface area contributed by atoms with Crippen LogP contribution in [-0.4, -0.2) is 37.0 Å². The molecule has 1 spiro atoms. The second kappa shape index (κ2) is 9.34. The second-order valence-electron chi connectivity index (χ2n) is 10.6. The fraction of sp³-hybridized carbons (Fsp3) is 0.731. The third kappa shape index (κ3) is 4.18. The Balaban J connectivity index is 1.42. The minimum absolute atomic E-state index is 0.0498. The van der Waals surface area contributed by atoms with Crippen molar-refractivity contribution in [3.05, 3.63) is 34.9 Å². The fourth-order valence-corrected chi connectivity index (χ4v) is 6.66. The van der Waals surface area contributed by atoms with Crippen LogP contribution in [0.15, 0.2) is 24.3 Å². The van der Waals surface area contributed by atoms with Gasteiger partial charge in [0, 0.05) is 29.7 Å². The highest BCUT2D eigenvalue weighted by atomic mass is 35.5. The van der Waals surface area contributed by atoms with Crippen molar-refractivity contribution in [3.63, 3.8) is 0 Å². The van der Waals surface area contributed by atoms with Gasteiger partial charge in [-0.15, -0.1) is 0 Å². The van der Waals surface area contributed by atoms with Crippen LogP contribution in [-0.2, 0) is 33.5 Å². The lowest BCUT2D eigenvalue weighted by atomic mass is 9.58. The van der Waals surface area contributed by atoms with Gasteiger partial charge in [0.2, 0.25) is 5.79 Å². The molecular weight excluding hydrogens is 460 g/mol. The monoisotopic (exact) mass is 494 g/mol. The highest BCUT2D eigenvalue weighted by molar-refractivity contribution is 6.30. The smallest absolute Gasteiger partial charge is 0.305 e. The Labute approximate surface area is 206 Å². The maximum absolute atomic E-state index is 11.9. The van der Waals surface area contributed by atoms with Crippen molar-refractivity contribution < 1.29 is 33.5 Å². The number of rotatable bonds is 6. The summed E-state index contributed by atoms with van der Waals surface area (Å²) < 4.78 is 24.5. The zero-order chi connectivity index (χ0) is 24.1. The van der Waals surface area contributed by atoms with Crippen molar-refractivity contribution in [1.82, 2.24) is 0 Å². The summed E-state index contributed by atoms with van der Waals surface area (Å²) in [5.41, 5.74) is 0.309. The number of carbonyl (C=O) groups is 1. The molecule has 9 atom stereocenters. The van der Waals surface area contributed by atoms with E-state index < -0.39 is 24.0 Å². The summed E-state index contributed by atoms with van der Waals surface area (Å²) in [5, 5.41) is 0.648. The number of carbonyl (C=O) groups excluding carboxylic acids is 1. The average molecular weight is 495 g/mol. The molecular formula is C26H35ClO7. The number of ether oxygens (including phenoxy) is 4. The van der Waals surface area contributed by atoms with Gasteiger partial charge in [-0.3, -0.25) is 4.79 Å². The van der Waals surface area contributed by atoms with Crippen LogP contribution < -0.4 is 0 Å². The molecule has 1 aliphatic carbocycles. The average Bonchev–Trinajstić information content (AvgIpc) is 3.06. The van der Waals surface area contributed by atoms with Crippen molar-refractivity contribution in [3.8, 4) is 0 Å². The van der Waals surface area contributed by atoms with E-state index in [1.165, 1.54) is 7.11 Å². The molecule has 188 valence electrons. The summed E-state index contributed by atoms with van der Waals surface area (Å²) in [6, 6.07) is 7.52. The van der Waals surface area contributed by atoms with E-state index in [2.05, 4.69) is 13.8 Å². The van der Waals surface area contributed by atoms with Gasteiger partial charge in [-0.1, -0.05) is 37.6 Å². The predicted octanol–water partition coefficient (Wildman–Crippen LogP) is 5.56. The third-order valence-corrected chi connectivity index (χ3v) is 8.73.